The summed E-state index contributed by atoms with van der Waals surface area (Å²) in [6, 6.07) is 0. The predicted octanol–water partition coefficient (Wildman–Crippen LogP) is 1.12. The Labute approximate surface area is 122 Å². The molecule has 0 amide bonds. The van der Waals surface area contributed by atoms with Crippen molar-refractivity contribution in [2.24, 2.45) is 16.7 Å². The molecule has 1 N–H and O–H groups in total. The molecule has 2 heterocycles. The molecular formula is C16H18O5. The van der Waals surface area contributed by atoms with E-state index in [2.05, 4.69) is 6.92 Å². The zero-order chi connectivity index (χ0) is 15.0. The molecule has 4 aliphatic rings. The molecule has 5 nitrogen and oxygen atoms in total. The number of carbonyl (C=O) groups is 2. The van der Waals surface area contributed by atoms with Gasteiger partial charge < -0.3 is 14.6 Å². The molecule has 0 radical (unpaired) electrons. The van der Waals surface area contributed by atoms with Gasteiger partial charge in [0.25, 0.3) is 0 Å². The number of cyclic esters (lactones) is 1. The largest absolute Gasteiger partial charge is 0.458 e. The Balaban J connectivity index is 1.93. The molecule has 2 aliphatic carbocycles. The van der Waals surface area contributed by atoms with E-state index in [0.717, 1.165) is 17.6 Å². The van der Waals surface area contributed by atoms with Crippen molar-refractivity contribution < 1.29 is 24.2 Å². The molecular weight excluding hydrogens is 272 g/mol. The minimum Gasteiger partial charge on any atom is -0.458 e. The smallest absolute Gasteiger partial charge is 0.331 e. The lowest BCUT2D eigenvalue weighted by Crippen LogP contribution is -2.56. The Morgan fingerprint density at radius 3 is 2.86 bits per heavy atom. The van der Waals surface area contributed by atoms with Gasteiger partial charge in [-0.1, -0.05) is 6.92 Å². The van der Waals surface area contributed by atoms with Gasteiger partial charge >= 0.3 is 11.9 Å². The molecule has 112 valence electrons. The quantitative estimate of drug-likeness (QED) is 0.677. The summed E-state index contributed by atoms with van der Waals surface area (Å²) in [7, 11) is 0. The van der Waals surface area contributed by atoms with Crippen molar-refractivity contribution in [1.82, 2.24) is 0 Å². The number of esters is 2. The highest BCUT2D eigenvalue weighted by molar-refractivity contribution is 5.87. The Hall–Kier alpha value is -1.62. The van der Waals surface area contributed by atoms with Gasteiger partial charge in [0.15, 0.2) is 0 Å². The average molecular weight is 290 g/mol. The number of aliphatic hydroxyl groups is 1. The molecule has 1 saturated heterocycles. The van der Waals surface area contributed by atoms with Gasteiger partial charge in [-0.15, -0.1) is 0 Å². The summed E-state index contributed by atoms with van der Waals surface area (Å²) in [5.74, 6) is -0.804. The molecule has 2 aliphatic heterocycles. The fourth-order valence-electron chi connectivity index (χ4n) is 4.83. The normalized spacial score (nSPS) is 47.7. The average Bonchev–Trinajstić information content (AvgIpc) is 2.70. The summed E-state index contributed by atoms with van der Waals surface area (Å²) < 4.78 is 10.6. The van der Waals surface area contributed by atoms with E-state index in [-0.39, 0.29) is 36.0 Å². The van der Waals surface area contributed by atoms with Crippen LogP contribution in [-0.4, -0.2) is 35.9 Å². The summed E-state index contributed by atoms with van der Waals surface area (Å²) in [6.45, 7) is 4.11. The number of carbonyl (C=O) groups excluding carboxylic acids is 2. The third kappa shape index (κ3) is 1.40. The van der Waals surface area contributed by atoms with Crippen LogP contribution in [0.25, 0.3) is 0 Å². The molecule has 0 aromatic heterocycles. The SMILES string of the molecule is C[C@]12C(=O)O[C@@H]3C=C4COC(=O)C=C4[C@@](C)(CC[C@@H]1O)[C@H]32. The zero-order valence-corrected chi connectivity index (χ0v) is 12.1. The molecule has 5 atom stereocenters. The van der Waals surface area contributed by atoms with Crippen LogP contribution >= 0.6 is 0 Å². The summed E-state index contributed by atoms with van der Waals surface area (Å²) in [5.41, 5.74) is 0.652. The van der Waals surface area contributed by atoms with Crippen molar-refractivity contribution in [2.75, 3.05) is 6.61 Å². The van der Waals surface area contributed by atoms with Gasteiger partial charge in [0, 0.05) is 17.4 Å². The first-order chi connectivity index (χ1) is 9.87. The van der Waals surface area contributed by atoms with E-state index in [9.17, 15) is 14.7 Å². The highest BCUT2D eigenvalue weighted by Crippen LogP contribution is 2.63. The topological polar surface area (TPSA) is 72.8 Å². The van der Waals surface area contributed by atoms with Gasteiger partial charge in [0.2, 0.25) is 0 Å². The van der Waals surface area contributed by atoms with Gasteiger partial charge in [0.05, 0.1) is 11.5 Å². The summed E-state index contributed by atoms with van der Waals surface area (Å²) in [5, 5.41) is 10.4. The fraction of sp³-hybridized carbons (Fsp3) is 0.625. The number of hydrogen-bond acceptors (Lipinski definition) is 5. The van der Waals surface area contributed by atoms with E-state index in [1.54, 1.807) is 13.0 Å². The molecule has 4 rings (SSSR count). The summed E-state index contributed by atoms with van der Waals surface area (Å²) in [6.07, 6.45) is 3.67. The van der Waals surface area contributed by atoms with Crippen molar-refractivity contribution in [3.63, 3.8) is 0 Å². The zero-order valence-electron chi connectivity index (χ0n) is 12.1. The molecule has 21 heavy (non-hydrogen) atoms. The van der Waals surface area contributed by atoms with E-state index in [4.69, 9.17) is 9.47 Å². The van der Waals surface area contributed by atoms with E-state index < -0.39 is 11.5 Å². The van der Waals surface area contributed by atoms with Gasteiger partial charge in [-0.2, -0.15) is 0 Å². The molecule has 5 heteroatoms. The second kappa shape index (κ2) is 3.77. The molecule has 0 aromatic rings. The second-order valence-corrected chi connectivity index (χ2v) is 6.96. The number of ether oxygens (including phenoxy) is 2. The highest BCUT2D eigenvalue weighted by Gasteiger charge is 2.68. The third-order valence-electron chi connectivity index (χ3n) is 5.93. The lowest BCUT2D eigenvalue weighted by atomic mass is 9.49. The molecule has 0 spiro atoms. The van der Waals surface area contributed by atoms with E-state index in [0.29, 0.717) is 6.42 Å². The maximum atomic E-state index is 12.4. The Kier molecular flexibility index (Phi) is 2.35. The number of aliphatic hydroxyl groups excluding tert-OH is 1. The van der Waals surface area contributed by atoms with Gasteiger partial charge in [0.1, 0.15) is 12.7 Å². The highest BCUT2D eigenvalue weighted by atomic mass is 16.6. The van der Waals surface area contributed by atoms with E-state index in [1.165, 1.54) is 0 Å². The van der Waals surface area contributed by atoms with Crippen LogP contribution in [0, 0.1) is 16.7 Å². The summed E-state index contributed by atoms with van der Waals surface area (Å²) >= 11 is 0. The minimum atomic E-state index is -0.901. The van der Waals surface area contributed by atoms with Crippen LogP contribution in [0.15, 0.2) is 23.3 Å². The van der Waals surface area contributed by atoms with Crippen LogP contribution in [0.1, 0.15) is 26.7 Å². The van der Waals surface area contributed by atoms with Crippen LogP contribution in [0.5, 0.6) is 0 Å². The predicted molar refractivity (Wildman–Crippen MR) is 71.9 cm³/mol. The van der Waals surface area contributed by atoms with Gasteiger partial charge in [-0.3, -0.25) is 4.79 Å². The Morgan fingerprint density at radius 2 is 2.10 bits per heavy atom. The van der Waals surface area contributed by atoms with Crippen LogP contribution < -0.4 is 0 Å². The molecule has 0 aromatic carbocycles. The lowest BCUT2D eigenvalue weighted by Gasteiger charge is -2.53. The standard InChI is InChI=1S/C16H18O5/c1-15-4-3-11(17)16(2)13(15)10(21-14(16)19)5-8-7-20-12(18)6-9(8)15/h5-6,10-11,13,17H,3-4,7H2,1-2H3/t10-,11+,13+,15-,16+/m1/s1. The first kappa shape index (κ1) is 13.1. The van der Waals surface area contributed by atoms with Crippen LogP contribution in [-0.2, 0) is 19.1 Å². The summed E-state index contributed by atoms with van der Waals surface area (Å²) in [4.78, 5) is 24.0. The van der Waals surface area contributed by atoms with Crippen molar-refractivity contribution in [3.05, 3.63) is 23.3 Å². The number of hydrogen-bond donors (Lipinski definition) is 1. The third-order valence-corrected chi connectivity index (χ3v) is 5.93. The van der Waals surface area contributed by atoms with E-state index in [1.807, 2.05) is 6.08 Å². The first-order valence-corrected chi connectivity index (χ1v) is 7.36. The van der Waals surface area contributed by atoms with Crippen molar-refractivity contribution >= 4 is 11.9 Å². The lowest BCUT2D eigenvalue weighted by molar-refractivity contribution is -0.155. The molecule has 2 fully saturated rings. The molecule has 1 saturated carbocycles. The van der Waals surface area contributed by atoms with Crippen molar-refractivity contribution in [3.8, 4) is 0 Å². The minimum absolute atomic E-state index is 0.137. The maximum absolute atomic E-state index is 12.4. The Morgan fingerprint density at radius 1 is 1.33 bits per heavy atom. The second-order valence-electron chi connectivity index (χ2n) is 6.96. The van der Waals surface area contributed by atoms with Crippen molar-refractivity contribution in [1.29, 1.82) is 0 Å². The van der Waals surface area contributed by atoms with Gasteiger partial charge in [-0.25, -0.2) is 4.79 Å². The molecule has 0 unspecified atom stereocenters. The maximum Gasteiger partial charge on any atom is 0.331 e. The number of rotatable bonds is 0. The van der Waals surface area contributed by atoms with Crippen LogP contribution in [0.4, 0.5) is 0 Å². The van der Waals surface area contributed by atoms with Gasteiger partial charge in [-0.05, 0) is 37.0 Å². The van der Waals surface area contributed by atoms with Crippen LogP contribution in [0.3, 0.4) is 0 Å². The molecule has 0 bridgehead atoms. The van der Waals surface area contributed by atoms with E-state index >= 15 is 0 Å². The Bertz CT molecular complexity index is 618. The number of fused-ring (bicyclic) bond motifs is 2. The van der Waals surface area contributed by atoms with Crippen molar-refractivity contribution in [2.45, 2.75) is 38.9 Å². The van der Waals surface area contributed by atoms with Crippen LogP contribution in [0.2, 0.25) is 0 Å². The first-order valence-electron chi connectivity index (χ1n) is 7.36. The monoisotopic (exact) mass is 290 g/mol. The fourth-order valence-corrected chi connectivity index (χ4v) is 4.83.